The standard InChI is InChI=1S/C13H24N2O4S/c1-10(2)9-18-6-4-5-15-20(16,17)13-7-12(8-14)19-11(13)3/h7,10,15H,4-6,8-9,14H2,1-3H3. The average molecular weight is 304 g/mol. The Morgan fingerprint density at radius 3 is 2.70 bits per heavy atom. The Kier molecular flexibility index (Phi) is 6.67. The van der Waals surface area contributed by atoms with Gasteiger partial charge in [0.15, 0.2) is 0 Å². The van der Waals surface area contributed by atoms with Crippen LogP contribution >= 0.6 is 0 Å². The smallest absolute Gasteiger partial charge is 0.244 e. The van der Waals surface area contributed by atoms with Crippen molar-refractivity contribution in [2.45, 2.75) is 38.6 Å². The van der Waals surface area contributed by atoms with Crippen LogP contribution in [0.3, 0.4) is 0 Å². The Balaban J connectivity index is 2.43. The largest absolute Gasteiger partial charge is 0.464 e. The molecule has 1 aromatic heterocycles. The molecule has 0 unspecified atom stereocenters. The van der Waals surface area contributed by atoms with Gasteiger partial charge in [0.25, 0.3) is 0 Å². The highest BCUT2D eigenvalue weighted by Crippen LogP contribution is 2.19. The van der Waals surface area contributed by atoms with Crippen LogP contribution in [0.4, 0.5) is 0 Å². The molecule has 0 atom stereocenters. The van der Waals surface area contributed by atoms with Crippen molar-refractivity contribution in [3.63, 3.8) is 0 Å². The first-order valence-corrected chi connectivity index (χ1v) is 8.22. The predicted octanol–water partition coefficient (Wildman–Crippen LogP) is 1.39. The minimum Gasteiger partial charge on any atom is -0.464 e. The summed E-state index contributed by atoms with van der Waals surface area (Å²) in [7, 11) is -3.54. The number of aryl methyl sites for hydroxylation is 1. The lowest BCUT2D eigenvalue weighted by Gasteiger charge is -2.08. The van der Waals surface area contributed by atoms with Gasteiger partial charge in [0.05, 0.1) is 6.54 Å². The molecule has 0 amide bonds. The van der Waals surface area contributed by atoms with E-state index in [0.717, 1.165) is 0 Å². The molecule has 1 heterocycles. The molecular formula is C13H24N2O4S. The van der Waals surface area contributed by atoms with Crippen LogP contribution in [0.25, 0.3) is 0 Å². The minimum atomic E-state index is -3.54. The molecule has 0 aromatic carbocycles. The van der Waals surface area contributed by atoms with Crippen LogP contribution in [0.15, 0.2) is 15.4 Å². The number of hydrogen-bond donors (Lipinski definition) is 2. The Bertz CT molecular complexity index is 508. The quantitative estimate of drug-likeness (QED) is 0.672. The van der Waals surface area contributed by atoms with E-state index >= 15 is 0 Å². The van der Waals surface area contributed by atoms with Gasteiger partial charge in [-0.1, -0.05) is 13.8 Å². The lowest BCUT2D eigenvalue weighted by Crippen LogP contribution is -2.26. The maximum absolute atomic E-state index is 12.1. The van der Waals surface area contributed by atoms with Gasteiger partial charge in [0.1, 0.15) is 16.4 Å². The zero-order chi connectivity index (χ0) is 15.2. The van der Waals surface area contributed by atoms with E-state index in [9.17, 15) is 8.42 Å². The number of nitrogens with two attached hydrogens (primary N) is 1. The summed E-state index contributed by atoms with van der Waals surface area (Å²) in [6, 6.07) is 1.47. The van der Waals surface area contributed by atoms with Crippen LogP contribution in [-0.2, 0) is 21.3 Å². The number of furan rings is 1. The Labute approximate surface area is 120 Å². The molecule has 1 rings (SSSR count). The minimum absolute atomic E-state index is 0.154. The van der Waals surface area contributed by atoms with Crippen LogP contribution < -0.4 is 10.5 Å². The van der Waals surface area contributed by atoms with Crippen LogP contribution in [-0.4, -0.2) is 28.2 Å². The zero-order valence-corrected chi connectivity index (χ0v) is 13.1. The predicted molar refractivity (Wildman–Crippen MR) is 76.8 cm³/mol. The fraction of sp³-hybridized carbons (Fsp3) is 0.692. The van der Waals surface area contributed by atoms with E-state index in [2.05, 4.69) is 18.6 Å². The van der Waals surface area contributed by atoms with E-state index in [0.29, 0.717) is 43.6 Å². The maximum atomic E-state index is 12.1. The highest BCUT2D eigenvalue weighted by Gasteiger charge is 2.20. The lowest BCUT2D eigenvalue weighted by atomic mass is 10.2. The van der Waals surface area contributed by atoms with E-state index in [1.165, 1.54) is 6.07 Å². The molecular weight excluding hydrogens is 280 g/mol. The molecule has 0 radical (unpaired) electrons. The summed E-state index contributed by atoms with van der Waals surface area (Å²) in [6.07, 6.45) is 0.632. The summed E-state index contributed by atoms with van der Waals surface area (Å²) in [5.74, 6) is 1.30. The van der Waals surface area contributed by atoms with E-state index < -0.39 is 10.0 Å². The van der Waals surface area contributed by atoms with Crippen molar-refractivity contribution in [3.05, 3.63) is 17.6 Å². The maximum Gasteiger partial charge on any atom is 0.244 e. The summed E-state index contributed by atoms with van der Waals surface area (Å²) in [5, 5.41) is 0. The molecule has 116 valence electrons. The SMILES string of the molecule is Cc1oc(CN)cc1S(=O)(=O)NCCCOCC(C)C. The first-order valence-electron chi connectivity index (χ1n) is 6.73. The Morgan fingerprint density at radius 1 is 1.45 bits per heavy atom. The zero-order valence-electron chi connectivity index (χ0n) is 12.3. The van der Waals surface area contributed by atoms with E-state index in [1.807, 2.05) is 0 Å². The summed E-state index contributed by atoms with van der Waals surface area (Å²) < 4.78 is 37.3. The number of nitrogens with one attached hydrogen (secondary N) is 1. The van der Waals surface area contributed by atoms with Crippen molar-refractivity contribution in [1.82, 2.24) is 4.72 Å². The van der Waals surface area contributed by atoms with Crippen LogP contribution in [0.5, 0.6) is 0 Å². The highest BCUT2D eigenvalue weighted by atomic mass is 32.2. The second kappa shape index (κ2) is 7.78. The third-order valence-electron chi connectivity index (χ3n) is 2.62. The van der Waals surface area contributed by atoms with Gasteiger partial charge >= 0.3 is 0 Å². The second-order valence-electron chi connectivity index (χ2n) is 5.06. The fourth-order valence-electron chi connectivity index (χ4n) is 1.67. The van der Waals surface area contributed by atoms with Gasteiger partial charge < -0.3 is 14.9 Å². The van der Waals surface area contributed by atoms with Crippen molar-refractivity contribution in [3.8, 4) is 0 Å². The van der Waals surface area contributed by atoms with Gasteiger partial charge in [-0.3, -0.25) is 0 Å². The number of sulfonamides is 1. The summed E-state index contributed by atoms with van der Waals surface area (Å²) in [5.41, 5.74) is 5.43. The fourth-order valence-corrected chi connectivity index (χ4v) is 2.94. The van der Waals surface area contributed by atoms with Crippen molar-refractivity contribution < 1.29 is 17.6 Å². The molecule has 0 saturated heterocycles. The van der Waals surface area contributed by atoms with Gasteiger partial charge in [-0.05, 0) is 19.3 Å². The summed E-state index contributed by atoms with van der Waals surface area (Å²) in [4.78, 5) is 0.154. The van der Waals surface area contributed by atoms with Crippen LogP contribution in [0.2, 0.25) is 0 Å². The third-order valence-corrected chi connectivity index (χ3v) is 4.19. The first-order chi connectivity index (χ1) is 9.36. The van der Waals surface area contributed by atoms with Crippen molar-refractivity contribution in [2.75, 3.05) is 19.8 Å². The third kappa shape index (κ3) is 5.24. The molecule has 0 spiro atoms. The Morgan fingerprint density at radius 2 is 2.15 bits per heavy atom. The molecule has 0 fully saturated rings. The van der Waals surface area contributed by atoms with E-state index in [4.69, 9.17) is 14.9 Å². The summed E-state index contributed by atoms with van der Waals surface area (Å²) in [6.45, 7) is 7.49. The summed E-state index contributed by atoms with van der Waals surface area (Å²) >= 11 is 0. The van der Waals surface area contributed by atoms with Gasteiger partial charge in [-0.15, -0.1) is 0 Å². The van der Waals surface area contributed by atoms with Gasteiger partial charge in [-0.2, -0.15) is 0 Å². The first kappa shape index (κ1) is 17.2. The topological polar surface area (TPSA) is 94.6 Å². The molecule has 0 saturated carbocycles. The molecule has 20 heavy (non-hydrogen) atoms. The monoisotopic (exact) mass is 304 g/mol. The van der Waals surface area contributed by atoms with E-state index in [-0.39, 0.29) is 11.4 Å². The van der Waals surface area contributed by atoms with Gasteiger partial charge in [0.2, 0.25) is 10.0 Å². The highest BCUT2D eigenvalue weighted by molar-refractivity contribution is 7.89. The van der Waals surface area contributed by atoms with Crippen molar-refractivity contribution >= 4 is 10.0 Å². The number of rotatable bonds is 9. The molecule has 3 N–H and O–H groups in total. The van der Waals surface area contributed by atoms with Crippen LogP contribution in [0, 0.1) is 12.8 Å². The van der Waals surface area contributed by atoms with Gasteiger partial charge in [-0.25, -0.2) is 13.1 Å². The Hall–Kier alpha value is -0.890. The van der Waals surface area contributed by atoms with Crippen molar-refractivity contribution in [1.29, 1.82) is 0 Å². The van der Waals surface area contributed by atoms with E-state index in [1.54, 1.807) is 6.92 Å². The number of ether oxygens (including phenoxy) is 1. The average Bonchev–Trinajstić information content (AvgIpc) is 2.75. The van der Waals surface area contributed by atoms with Crippen LogP contribution in [0.1, 0.15) is 31.8 Å². The second-order valence-corrected chi connectivity index (χ2v) is 6.79. The molecule has 0 bridgehead atoms. The number of hydrogen-bond acceptors (Lipinski definition) is 5. The molecule has 0 aliphatic heterocycles. The lowest BCUT2D eigenvalue weighted by molar-refractivity contribution is 0.108. The van der Waals surface area contributed by atoms with Gasteiger partial charge in [0, 0.05) is 25.8 Å². The molecule has 1 aromatic rings. The molecule has 0 aliphatic carbocycles. The van der Waals surface area contributed by atoms with Crippen molar-refractivity contribution in [2.24, 2.45) is 11.7 Å². The normalized spacial score (nSPS) is 12.2. The molecule has 0 aliphatic rings. The molecule has 6 nitrogen and oxygen atoms in total. The molecule has 7 heteroatoms.